The molecule has 1 saturated heterocycles. The van der Waals surface area contributed by atoms with E-state index >= 15 is 0 Å². The molecule has 0 aliphatic carbocycles. The van der Waals surface area contributed by atoms with Crippen molar-refractivity contribution >= 4 is 5.97 Å². The van der Waals surface area contributed by atoms with Gasteiger partial charge in [-0.15, -0.1) is 0 Å². The van der Waals surface area contributed by atoms with Crippen molar-refractivity contribution in [1.29, 1.82) is 0 Å². The van der Waals surface area contributed by atoms with Gasteiger partial charge in [0.2, 0.25) is 0 Å². The van der Waals surface area contributed by atoms with Gasteiger partial charge in [-0.2, -0.15) is 0 Å². The van der Waals surface area contributed by atoms with E-state index in [2.05, 4.69) is 19.2 Å². The highest BCUT2D eigenvalue weighted by Gasteiger charge is 2.22. The second kappa shape index (κ2) is 13.4. The van der Waals surface area contributed by atoms with Crippen LogP contribution >= 0.6 is 0 Å². The Kier molecular flexibility index (Phi) is 13.0. The van der Waals surface area contributed by atoms with Crippen molar-refractivity contribution < 1.29 is 9.90 Å². The molecular formula is C17H35NO2. The number of rotatable bonds is 8. The number of carboxylic acids is 1. The standard InChI is InChI=1S/C15H31N.C2H4O2/c1-3-5-6-7-9-14(8-4-2)15-10-12-16-13-11-15;1-2(3)4/h14-16H,3-13H2,1-2H3;1H3,(H,3,4). The number of aliphatic carboxylic acids is 1. The Balaban J connectivity index is 0.000000796. The molecule has 1 atom stereocenters. The number of hydrogen-bond donors (Lipinski definition) is 2. The minimum atomic E-state index is -0.833. The minimum Gasteiger partial charge on any atom is -0.481 e. The van der Waals surface area contributed by atoms with Crippen LogP contribution < -0.4 is 5.32 Å². The molecule has 0 aromatic rings. The quantitative estimate of drug-likeness (QED) is 0.647. The van der Waals surface area contributed by atoms with Gasteiger partial charge in [-0.1, -0.05) is 58.8 Å². The van der Waals surface area contributed by atoms with Crippen LogP contribution in [0.2, 0.25) is 0 Å². The van der Waals surface area contributed by atoms with Crippen molar-refractivity contribution in [3.05, 3.63) is 0 Å². The highest BCUT2D eigenvalue weighted by Crippen LogP contribution is 2.30. The van der Waals surface area contributed by atoms with Crippen LogP contribution in [-0.2, 0) is 4.79 Å². The average molecular weight is 285 g/mol. The molecule has 1 unspecified atom stereocenters. The van der Waals surface area contributed by atoms with Crippen LogP contribution in [0.3, 0.4) is 0 Å². The fraction of sp³-hybridized carbons (Fsp3) is 0.941. The maximum absolute atomic E-state index is 9.00. The topological polar surface area (TPSA) is 49.3 Å². The SMILES string of the molecule is CC(=O)O.CCCCCCC(CCC)C1CCNCC1. The molecule has 0 aromatic carbocycles. The molecule has 0 aromatic heterocycles. The van der Waals surface area contributed by atoms with Crippen molar-refractivity contribution in [2.75, 3.05) is 13.1 Å². The Morgan fingerprint density at radius 2 is 1.70 bits per heavy atom. The summed E-state index contributed by atoms with van der Waals surface area (Å²) >= 11 is 0. The minimum absolute atomic E-state index is 0.833. The Bertz CT molecular complexity index is 221. The third kappa shape index (κ3) is 11.3. The van der Waals surface area contributed by atoms with E-state index in [-0.39, 0.29) is 0 Å². The molecular weight excluding hydrogens is 250 g/mol. The Morgan fingerprint density at radius 3 is 2.20 bits per heavy atom. The van der Waals surface area contributed by atoms with Crippen LogP contribution in [0, 0.1) is 11.8 Å². The van der Waals surface area contributed by atoms with E-state index < -0.39 is 5.97 Å². The molecule has 1 aliphatic rings. The van der Waals surface area contributed by atoms with E-state index in [0.29, 0.717) is 0 Å². The number of carboxylic acid groups (broad SMARTS) is 1. The highest BCUT2D eigenvalue weighted by molar-refractivity contribution is 5.62. The van der Waals surface area contributed by atoms with Gasteiger partial charge in [0.15, 0.2) is 0 Å². The zero-order valence-corrected chi connectivity index (χ0v) is 13.8. The molecule has 0 amide bonds. The lowest BCUT2D eigenvalue weighted by molar-refractivity contribution is -0.134. The number of nitrogens with one attached hydrogen (secondary N) is 1. The summed E-state index contributed by atoms with van der Waals surface area (Å²) in [6.07, 6.45) is 12.9. The van der Waals surface area contributed by atoms with Crippen LogP contribution in [0.4, 0.5) is 0 Å². The summed E-state index contributed by atoms with van der Waals surface area (Å²) in [7, 11) is 0. The highest BCUT2D eigenvalue weighted by atomic mass is 16.4. The van der Waals surface area contributed by atoms with E-state index in [4.69, 9.17) is 9.90 Å². The summed E-state index contributed by atoms with van der Waals surface area (Å²) in [5.41, 5.74) is 0. The van der Waals surface area contributed by atoms with E-state index in [1.54, 1.807) is 0 Å². The van der Waals surface area contributed by atoms with Crippen molar-refractivity contribution in [3.63, 3.8) is 0 Å². The van der Waals surface area contributed by atoms with Crippen molar-refractivity contribution in [2.24, 2.45) is 11.8 Å². The first-order valence-electron chi connectivity index (χ1n) is 8.52. The normalized spacial score (nSPS) is 17.1. The lowest BCUT2D eigenvalue weighted by Crippen LogP contribution is -2.31. The molecule has 3 heteroatoms. The predicted octanol–water partition coefficient (Wildman–Crippen LogP) is 4.46. The fourth-order valence-electron chi connectivity index (χ4n) is 3.14. The molecule has 0 spiro atoms. The van der Waals surface area contributed by atoms with Crippen molar-refractivity contribution in [2.45, 2.75) is 78.6 Å². The fourth-order valence-corrected chi connectivity index (χ4v) is 3.14. The first kappa shape index (κ1) is 19.4. The van der Waals surface area contributed by atoms with Gasteiger partial charge in [0, 0.05) is 6.92 Å². The Labute approximate surface area is 125 Å². The van der Waals surface area contributed by atoms with Gasteiger partial charge in [0.25, 0.3) is 5.97 Å². The lowest BCUT2D eigenvalue weighted by atomic mass is 9.79. The molecule has 1 rings (SSSR count). The summed E-state index contributed by atoms with van der Waals surface area (Å²) in [6, 6.07) is 0. The molecule has 2 N–H and O–H groups in total. The smallest absolute Gasteiger partial charge is 0.300 e. The van der Waals surface area contributed by atoms with Crippen LogP contribution in [0.15, 0.2) is 0 Å². The van der Waals surface area contributed by atoms with Gasteiger partial charge < -0.3 is 10.4 Å². The first-order valence-corrected chi connectivity index (χ1v) is 8.52. The largest absolute Gasteiger partial charge is 0.481 e. The van der Waals surface area contributed by atoms with Crippen LogP contribution in [-0.4, -0.2) is 24.2 Å². The number of hydrogen-bond acceptors (Lipinski definition) is 2. The van der Waals surface area contributed by atoms with E-state index in [1.807, 2.05) is 0 Å². The molecule has 3 nitrogen and oxygen atoms in total. The maximum atomic E-state index is 9.00. The summed E-state index contributed by atoms with van der Waals surface area (Å²) in [4.78, 5) is 9.00. The maximum Gasteiger partial charge on any atom is 0.300 e. The molecule has 1 fully saturated rings. The molecule has 20 heavy (non-hydrogen) atoms. The molecule has 120 valence electrons. The molecule has 0 radical (unpaired) electrons. The second-order valence-corrected chi connectivity index (χ2v) is 6.00. The average Bonchev–Trinajstić information content (AvgIpc) is 2.43. The Hall–Kier alpha value is -0.570. The summed E-state index contributed by atoms with van der Waals surface area (Å²) in [6.45, 7) is 8.26. The van der Waals surface area contributed by atoms with Gasteiger partial charge in [0.05, 0.1) is 0 Å². The molecule has 1 heterocycles. The van der Waals surface area contributed by atoms with Gasteiger partial charge in [-0.05, 0) is 37.8 Å². The number of piperidine rings is 1. The Morgan fingerprint density at radius 1 is 1.10 bits per heavy atom. The third-order valence-corrected chi connectivity index (χ3v) is 4.14. The molecule has 1 aliphatic heterocycles. The van der Waals surface area contributed by atoms with Crippen molar-refractivity contribution in [3.8, 4) is 0 Å². The van der Waals surface area contributed by atoms with Crippen LogP contribution in [0.1, 0.15) is 78.6 Å². The van der Waals surface area contributed by atoms with E-state index in [9.17, 15) is 0 Å². The van der Waals surface area contributed by atoms with Gasteiger partial charge >= 0.3 is 0 Å². The number of carbonyl (C=O) groups is 1. The van der Waals surface area contributed by atoms with Gasteiger partial charge in [-0.3, -0.25) is 4.79 Å². The monoisotopic (exact) mass is 285 g/mol. The number of unbranched alkanes of at least 4 members (excludes halogenated alkanes) is 3. The summed E-state index contributed by atoms with van der Waals surface area (Å²) < 4.78 is 0. The predicted molar refractivity (Wildman–Crippen MR) is 86.1 cm³/mol. The first-order chi connectivity index (χ1) is 9.61. The van der Waals surface area contributed by atoms with Gasteiger partial charge in [-0.25, -0.2) is 0 Å². The van der Waals surface area contributed by atoms with Crippen LogP contribution in [0.25, 0.3) is 0 Å². The van der Waals surface area contributed by atoms with E-state index in [1.165, 1.54) is 70.9 Å². The summed E-state index contributed by atoms with van der Waals surface area (Å²) in [5, 5.41) is 10.9. The van der Waals surface area contributed by atoms with Gasteiger partial charge in [0.1, 0.15) is 0 Å². The zero-order valence-electron chi connectivity index (χ0n) is 13.8. The zero-order chi connectivity index (χ0) is 15.2. The third-order valence-electron chi connectivity index (χ3n) is 4.14. The van der Waals surface area contributed by atoms with E-state index in [0.717, 1.165) is 18.8 Å². The van der Waals surface area contributed by atoms with Crippen molar-refractivity contribution in [1.82, 2.24) is 5.32 Å². The lowest BCUT2D eigenvalue weighted by Gasteiger charge is -2.30. The summed E-state index contributed by atoms with van der Waals surface area (Å²) in [5.74, 6) is 1.23. The second-order valence-electron chi connectivity index (χ2n) is 6.00. The molecule has 0 bridgehead atoms. The molecule has 0 saturated carbocycles. The van der Waals surface area contributed by atoms with Crippen LogP contribution in [0.5, 0.6) is 0 Å².